The van der Waals surface area contributed by atoms with Crippen LogP contribution in [0.25, 0.3) is 10.6 Å². The van der Waals surface area contributed by atoms with E-state index in [4.69, 9.17) is 16.2 Å². The number of esters is 1. The minimum Gasteiger partial charge on any atom is -0.457 e. The van der Waals surface area contributed by atoms with Gasteiger partial charge in [0.15, 0.2) is 12.4 Å². The lowest BCUT2D eigenvalue weighted by Gasteiger charge is -2.03. The molecule has 0 aromatic carbocycles. The molecule has 3 heterocycles. The summed E-state index contributed by atoms with van der Waals surface area (Å²) < 4.78 is 5.11. The molecule has 118 valence electrons. The number of carbonyl (C=O) groups excluding carboxylic acids is 1. The molecule has 0 saturated carbocycles. The molecular formula is C13H12N6O2S2. The molecule has 0 amide bonds. The summed E-state index contributed by atoms with van der Waals surface area (Å²) in [5.41, 5.74) is 12.6. The van der Waals surface area contributed by atoms with Crippen LogP contribution in [0.3, 0.4) is 0 Å². The first-order chi connectivity index (χ1) is 11.1. The first kappa shape index (κ1) is 15.3. The van der Waals surface area contributed by atoms with Crippen LogP contribution in [0.15, 0.2) is 22.2 Å². The van der Waals surface area contributed by atoms with Crippen molar-refractivity contribution >= 4 is 40.5 Å². The Labute approximate surface area is 139 Å². The maximum Gasteiger partial charge on any atom is 0.312 e. The predicted octanol–water partition coefficient (Wildman–Crippen LogP) is 1.51. The zero-order valence-corrected chi connectivity index (χ0v) is 13.4. The summed E-state index contributed by atoms with van der Waals surface area (Å²) in [6.07, 6.45) is 0.0800. The Hall–Kier alpha value is -2.59. The van der Waals surface area contributed by atoms with Crippen molar-refractivity contribution in [3.05, 3.63) is 33.7 Å². The summed E-state index contributed by atoms with van der Waals surface area (Å²) in [5.74, 6) is -0.239. The number of nitrogens with two attached hydrogens (primary N) is 2. The topological polar surface area (TPSA) is 130 Å². The number of thiazole rings is 1. The van der Waals surface area contributed by atoms with Crippen molar-refractivity contribution in [2.45, 2.75) is 13.0 Å². The first-order valence-corrected chi connectivity index (χ1v) is 8.31. The van der Waals surface area contributed by atoms with Gasteiger partial charge in [-0.25, -0.2) is 4.98 Å². The minimum atomic E-state index is -0.426. The SMILES string of the molecule is Nc1nc(N)nc(COC(=O)Cc2csc(-c3ccsc3)n2)n1. The monoisotopic (exact) mass is 348 g/mol. The number of nitrogens with zero attached hydrogens (tertiary/aromatic N) is 4. The normalized spacial score (nSPS) is 10.6. The van der Waals surface area contributed by atoms with Gasteiger partial charge in [-0.3, -0.25) is 4.79 Å². The van der Waals surface area contributed by atoms with E-state index < -0.39 is 5.97 Å². The van der Waals surface area contributed by atoms with Crippen LogP contribution in [0.1, 0.15) is 11.5 Å². The molecule has 23 heavy (non-hydrogen) atoms. The van der Waals surface area contributed by atoms with Gasteiger partial charge in [0.2, 0.25) is 11.9 Å². The lowest BCUT2D eigenvalue weighted by molar-refractivity contribution is -0.144. The van der Waals surface area contributed by atoms with Crippen molar-refractivity contribution in [3.63, 3.8) is 0 Å². The van der Waals surface area contributed by atoms with E-state index in [1.807, 2.05) is 22.2 Å². The summed E-state index contributed by atoms with van der Waals surface area (Å²) in [5, 5.41) is 6.72. The molecule has 0 bridgehead atoms. The zero-order chi connectivity index (χ0) is 16.2. The number of hydrogen-bond acceptors (Lipinski definition) is 10. The van der Waals surface area contributed by atoms with Gasteiger partial charge in [-0.2, -0.15) is 26.3 Å². The van der Waals surface area contributed by atoms with Gasteiger partial charge < -0.3 is 16.2 Å². The molecule has 10 heteroatoms. The van der Waals surface area contributed by atoms with E-state index >= 15 is 0 Å². The van der Waals surface area contributed by atoms with Gasteiger partial charge in [0.25, 0.3) is 0 Å². The molecule has 0 unspecified atom stereocenters. The quantitative estimate of drug-likeness (QED) is 0.664. The highest BCUT2D eigenvalue weighted by molar-refractivity contribution is 7.14. The summed E-state index contributed by atoms with van der Waals surface area (Å²) >= 11 is 3.09. The highest BCUT2D eigenvalue weighted by atomic mass is 32.1. The third-order valence-corrected chi connectivity index (χ3v) is 4.35. The molecule has 0 aliphatic heterocycles. The summed E-state index contributed by atoms with van der Waals surface area (Å²) in [6.45, 7) is -0.114. The molecule has 3 aromatic rings. The summed E-state index contributed by atoms with van der Waals surface area (Å²) in [4.78, 5) is 27.6. The van der Waals surface area contributed by atoms with Crippen LogP contribution in [-0.2, 0) is 22.6 Å². The van der Waals surface area contributed by atoms with Gasteiger partial charge in [-0.05, 0) is 11.4 Å². The third kappa shape index (κ3) is 3.99. The molecule has 4 N–H and O–H groups in total. The lowest BCUT2D eigenvalue weighted by Crippen LogP contribution is -2.12. The van der Waals surface area contributed by atoms with Crippen LogP contribution in [0.5, 0.6) is 0 Å². The highest BCUT2D eigenvalue weighted by Gasteiger charge is 2.12. The summed E-state index contributed by atoms with van der Waals surface area (Å²) in [6, 6.07) is 1.99. The molecule has 0 radical (unpaired) electrons. The number of rotatable bonds is 5. The molecule has 0 aliphatic carbocycles. The molecule has 0 atom stereocenters. The van der Waals surface area contributed by atoms with E-state index in [2.05, 4.69) is 19.9 Å². The van der Waals surface area contributed by atoms with Gasteiger partial charge in [0.1, 0.15) is 5.01 Å². The predicted molar refractivity (Wildman–Crippen MR) is 87.6 cm³/mol. The van der Waals surface area contributed by atoms with Crippen molar-refractivity contribution in [2.24, 2.45) is 0 Å². The van der Waals surface area contributed by atoms with E-state index in [0.29, 0.717) is 5.69 Å². The maximum atomic E-state index is 11.9. The molecule has 3 aromatic heterocycles. The standard InChI is InChI=1S/C13H12N6O2S2/c14-12-17-9(18-13(15)19-12)4-21-10(20)3-8-6-23-11(16-8)7-1-2-22-5-7/h1-2,5-6H,3-4H2,(H4,14,15,17,18,19). The lowest BCUT2D eigenvalue weighted by atomic mass is 10.3. The number of aromatic nitrogens is 4. The smallest absolute Gasteiger partial charge is 0.312 e. The van der Waals surface area contributed by atoms with Gasteiger partial charge >= 0.3 is 5.97 Å². The average Bonchev–Trinajstić information content (AvgIpc) is 3.14. The number of thiophene rings is 1. The van der Waals surface area contributed by atoms with Gasteiger partial charge in [0.05, 0.1) is 12.1 Å². The minimum absolute atomic E-state index is 0.0107. The Morgan fingerprint density at radius 1 is 1.13 bits per heavy atom. The molecule has 0 saturated heterocycles. The average molecular weight is 348 g/mol. The third-order valence-electron chi connectivity index (χ3n) is 2.72. The van der Waals surface area contributed by atoms with E-state index in [1.165, 1.54) is 11.3 Å². The van der Waals surface area contributed by atoms with E-state index in [9.17, 15) is 4.79 Å². The van der Waals surface area contributed by atoms with Crippen LogP contribution in [0, 0.1) is 0 Å². The first-order valence-electron chi connectivity index (χ1n) is 6.48. The highest BCUT2D eigenvalue weighted by Crippen LogP contribution is 2.25. The zero-order valence-electron chi connectivity index (χ0n) is 11.8. The summed E-state index contributed by atoms with van der Waals surface area (Å²) in [7, 11) is 0. The van der Waals surface area contributed by atoms with Crippen molar-refractivity contribution in [2.75, 3.05) is 11.5 Å². The van der Waals surface area contributed by atoms with Gasteiger partial charge in [-0.15, -0.1) is 11.3 Å². The Morgan fingerprint density at radius 2 is 1.91 bits per heavy atom. The molecule has 0 fully saturated rings. The largest absolute Gasteiger partial charge is 0.457 e. The number of carbonyl (C=O) groups is 1. The Bertz CT molecular complexity index is 797. The van der Waals surface area contributed by atoms with Gasteiger partial charge in [0, 0.05) is 16.3 Å². The number of nitrogen functional groups attached to an aromatic ring is 2. The fraction of sp³-hybridized carbons (Fsp3) is 0.154. The van der Waals surface area contributed by atoms with E-state index in [0.717, 1.165) is 10.6 Å². The Balaban J connectivity index is 1.57. The number of ether oxygens (including phenoxy) is 1. The molecule has 0 aliphatic rings. The van der Waals surface area contributed by atoms with Crippen LogP contribution < -0.4 is 11.5 Å². The molecule has 0 spiro atoms. The van der Waals surface area contributed by atoms with Crippen molar-refractivity contribution < 1.29 is 9.53 Å². The Morgan fingerprint density at radius 3 is 2.61 bits per heavy atom. The Kier molecular flexibility index (Phi) is 4.44. The van der Waals surface area contributed by atoms with Crippen LogP contribution in [0.4, 0.5) is 11.9 Å². The molecule has 3 rings (SSSR count). The van der Waals surface area contributed by atoms with E-state index in [-0.39, 0.29) is 30.7 Å². The van der Waals surface area contributed by atoms with E-state index in [1.54, 1.807) is 11.3 Å². The second kappa shape index (κ2) is 6.67. The van der Waals surface area contributed by atoms with Gasteiger partial charge in [-0.1, -0.05) is 0 Å². The number of hydrogen-bond donors (Lipinski definition) is 2. The van der Waals surface area contributed by atoms with Crippen molar-refractivity contribution in [3.8, 4) is 10.6 Å². The fourth-order valence-electron chi connectivity index (χ4n) is 1.77. The molecular weight excluding hydrogens is 336 g/mol. The fourth-order valence-corrected chi connectivity index (χ4v) is 3.30. The second-order valence-corrected chi connectivity index (χ2v) is 6.10. The van der Waals surface area contributed by atoms with Crippen LogP contribution in [-0.4, -0.2) is 25.9 Å². The number of anilines is 2. The van der Waals surface area contributed by atoms with Crippen molar-refractivity contribution in [1.29, 1.82) is 0 Å². The molecule has 8 nitrogen and oxygen atoms in total. The van der Waals surface area contributed by atoms with Crippen molar-refractivity contribution in [1.82, 2.24) is 19.9 Å². The second-order valence-electron chi connectivity index (χ2n) is 4.46. The van der Waals surface area contributed by atoms with Crippen LogP contribution >= 0.6 is 22.7 Å². The van der Waals surface area contributed by atoms with Crippen LogP contribution in [0.2, 0.25) is 0 Å². The maximum absolute atomic E-state index is 11.9.